The smallest absolute Gasteiger partial charge is 0.274 e. The molecule has 1 heterocycles. The summed E-state index contributed by atoms with van der Waals surface area (Å²) in [6.07, 6.45) is 3.87. The lowest BCUT2D eigenvalue weighted by Gasteiger charge is -2.25. The Morgan fingerprint density at radius 1 is 1.33 bits per heavy atom. The molecule has 2 aromatic rings. The molecule has 1 aliphatic carbocycles. The molecule has 0 aliphatic heterocycles. The zero-order chi connectivity index (χ0) is 17.1. The quantitative estimate of drug-likeness (QED) is 0.492. The molecule has 1 aromatic heterocycles. The minimum atomic E-state index is -0.690. The van der Waals surface area contributed by atoms with Crippen LogP contribution in [-0.4, -0.2) is 17.3 Å². The van der Waals surface area contributed by atoms with Gasteiger partial charge in [0, 0.05) is 6.07 Å². The third kappa shape index (κ3) is 3.73. The molecular weight excluding hydrogens is 394 g/mol. The van der Waals surface area contributed by atoms with Crippen molar-refractivity contribution < 1.29 is 14.3 Å². The van der Waals surface area contributed by atoms with Crippen LogP contribution in [0.5, 0.6) is 11.5 Å². The fraction of sp³-hybridized carbons (Fsp3) is 0.333. The SMILES string of the molecule is COc1cc(Br)nc(C(=O)Cl)c1OCc1ccc(C2CCC2)cc1. The van der Waals surface area contributed by atoms with E-state index in [4.69, 9.17) is 21.1 Å². The summed E-state index contributed by atoms with van der Waals surface area (Å²) in [5.74, 6) is 1.37. The molecule has 4 nitrogen and oxygen atoms in total. The Morgan fingerprint density at radius 2 is 2.04 bits per heavy atom. The molecule has 0 radical (unpaired) electrons. The topological polar surface area (TPSA) is 48.4 Å². The largest absolute Gasteiger partial charge is 0.493 e. The van der Waals surface area contributed by atoms with Gasteiger partial charge in [-0.15, -0.1) is 0 Å². The van der Waals surface area contributed by atoms with E-state index in [0.717, 1.165) is 5.56 Å². The molecule has 6 heteroatoms. The number of hydrogen-bond donors (Lipinski definition) is 0. The summed E-state index contributed by atoms with van der Waals surface area (Å²) in [5.41, 5.74) is 2.43. The van der Waals surface area contributed by atoms with Crippen LogP contribution in [0.1, 0.15) is 46.8 Å². The minimum Gasteiger partial charge on any atom is -0.493 e. The van der Waals surface area contributed by atoms with Gasteiger partial charge in [0.25, 0.3) is 5.24 Å². The van der Waals surface area contributed by atoms with E-state index < -0.39 is 5.24 Å². The lowest BCUT2D eigenvalue weighted by atomic mass is 9.80. The average molecular weight is 411 g/mol. The van der Waals surface area contributed by atoms with Crippen LogP contribution in [0.3, 0.4) is 0 Å². The Hall–Kier alpha value is -1.59. The normalized spacial score (nSPS) is 14.1. The van der Waals surface area contributed by atoms with Gasteiger partial charge < -0.3 is 9.47 Å². The zero-order valence-electron chi connectivity index (χ0n) is 13.2. The van der Waals surface area contributed by atoms with E-state index in [1.807, 2.05) is 0 Å². The van der Waals surface area contributed by atoms with Crippen molar-refractivity contribution in [2.45, 2.75) is 31.8 Å². The highest BCUT2D eigenvalue weighted by molar-refractivity contribution is 9.10. The van der Waals surface area contributed by atoms with Gasteiger partial charge in [0.05, 0.1) is 7.11 Å². The zero-order valence-corrected chi connectivity index (χ0v) is 15.6. The van der Waals surface area contributed by atoms with Crippen molar-refractivity contribution in [3.8, 4) is 11.5 Å². The first-order valence-electron chi connectivity index (χ1n) is 7.74. The lowest BCUT2D eigenvalue weighted by molar-refractivity contribution is 0.107. The molecule has 126 valence electrons. The number of carbonyl (C=O) groups excluding carboxylic acids is 1. The van der Waals surface area contributed by atoms with Crippen molar-refractivity contribution in [3.05, 3.63) is 51.8 Å². The van der Waals surface area contributed by atoms with Crippen molar-refractivity contribution in [3.63, 3.8) is 0 Å². The maximum atomic E-state index is 11.6. The molecule has 1 aromatic carbocycles. The van der Waals surface area contributed by atoms with Crippen molar-refractivity contribution in [2.24, 2.45) is 0 Å². The second-order valence-electron chi connectivity index (χ2n) is 5.76. The van der Waals surface area contributed by atoms with E-state index in [1.165, 1.54) is 31.9 Å². The summed E-state index contributed by atoms with van der Waals surface area (Å²) in [7, 11) is 1.50. The maximum absolute atomic E-state index is 11.6. The van der Waals surface area contributed by atoms with E-state index in [1.54, 1.807) is 6.07 Å². The molecule has 1 saturated carbocycles. The fourth-order valence-corrected chi connectivity index (χ4v) is 3.20. The predicted molar refractivity (Wildman–Crippen MR) is 96.0 cm³/mol. The number of hydrogen-bond acceptors (Lipinski definition) is 4. The number of carbonyl (C=O) groups is 1. The van der Waals surface area contributed by atoms with Crippen LogP contribution in [-0.2, 0) is 6.61 Å². The summed E-state index contributed by atoms with van der Waals surface area (Å²) >= 11 is 8.84. The number of methoxy groups -OCH3 is 1. The van der Waals surface area contributed by atoms with Crippen molar-refractivity contribution in [1.82, 2.24) is 4.98 Å². The molecule has 24 heavy (non-hydrogen) atoms. The van der Waals surface area contributed by atoms with Gasteiger partial charge in [0.15, 0.2) is 17.2 Å². The Balaban J connectivity index is 1.77. The Bertz CT molecular complexity index is 745. The Kier molecular flexibility index (Phi) is 5.41. The lowest BCUT2D eigenvalue weighted by Crippen LogP contribution is -2.09. The van der Waals surface area contributed by atoms with E-state index in [2.05, 4.69) is 45.2 Å². The van der Waals surface area contributed by atoms with Gasteiger partial charge in [-0.3, -0.25) is 4.79 Å². The van der Waals surface area contributed by atoms with Crippen LogP contribution in [0.4, 0.5) is 0 Å². The second-order valence-corrected chi connectivity index (χ2v) is 6.91. The summed E-state index contributed by atoms with van der Waals surface area (Å²) < 4.78 is 11.5. The molecule has 1 aliphatic rings. The maximum Gasteiger partial charge on any atom is 0.274 e. The summed E-state index contributed by atoms with van der Waals surface area (Å²) in [6.45, 7) is 0.307. The number of aromatic nitrogens is 1. The standard InChI is InChI=1S/C18H17BrClNO3/c1-23-14-9-15(19)21-16(18(20)22)17(14)24-10-11-5-7-13(8-6-11)12-3-2-4-12/h5-9,12H,2-4,10H2,1H3. The molecule has 0 bridgehead atoms. The highest BCUT2D eigenvalue weighted by atomic mass is 79.9. The van der Waals surface area contributed by atoms with Crippen molar-refractivity contribution >= 4 is 32.8 Å². The van der Waals surface area contributed by atoms with Gasteiger partial charge in [0.1, 0.15) is 11.2 Å². The molecule has 1 fully saturated rings. The molecule has 0 N–H and O–H groups in total. The van der Waals surface area contributed by atoms with Crippen LogP contribution in [0.15, 0.2) is 34.9 Å². The monoisotopic (exact) mass is 409 g/mol. The summed E-state index contributed by atoms with van der Waals surface area (Å²) in [5, 5.41) is -0.690. The molecule has 0 unspecified atom stereocenters. The van der Waals surface area contributed by atoms with Gasteiger partial charge in [-0.05, 0) is 57.4 Å². The second kappa shape index (κ2) is 7.53. The van der Waals surface area contributed by atoms with Gasteiger partial charge in [-0.2, -0.15) is 0 Å². The summed E-state index contributed by atoms with van der Waals surface area (Å²) in [6, 6.07) is 10.0. The first-order chi connectivity index (χ1) is 11.6. The highest BCUT2D eigenvalue weighted by Crippen LogP contribution is 2.37. The highest BCUT2D eigenvalue weighted by Gasteiger charge is 2.20. The van der Waals surface area contributed by atoms with E-state index >= 15 is 0 Å². The summed E-state index contributed by atoms with van der Waals surface area (Å²) in [4.78, 5) is 15.7. The average Bonchev–Trinajstić information content (AvgIpc) is 2.52. The first-order valence-corrected chi connectivity index (χ1v) is 8.91. The predicted octanol–water partition coefficient (Wildman–Crippen LogP) is 5.08. The number of pyridine rings is 1. The number of nitrogens with zero attached hydrogens (tertiary/aromatic N) is 1. The number of ether oxygens (including phenoxy) is 2. The number of rotatable bonds is 6. The van der Waals surface area contributed by atoms with Crippen molar-refractivity contribution in [2.75, 3.05) is 7.11 Å². The minimum absolute atomic E-state index is 0.0361. The van der Waals surface area contributed by atoms with Crippen LogP contribution >= 0.6 is 27.5 Å². The molecule has 3 rings (SSSR count). The third-order valence-corrected chi connectivity index (χ3v) is 4.84. The van der Waals surface area contributed by atoms with Crippen LogP contribution in [0.2, 0.25) is 0 Å². The van der Waals surface area contributed by atoms with Crippen LogP contribution in [0.25, 0.3) is 0 Å². The molecule has 0 saturated heterocycles. The van der Waals surface area contributed by atoms with E-state index in [0.29, 0.717) is 22.9 Å². The van der Waals surface area contributed by atoms with Gasteiger partial charge in [0.2, 0.25) is 0 Å². The van der Waals surface area contributed by atoms with E-state index in [9.17, 15) is 4.79 Å². The molecule has 0 spiro atoms. The number of halogens is 2. The van der Waals surface area contributed by atoms with Gasteiger partial charge in [-0.1, -0.05) is 30.7 Å². The Morgan fingerprint density at radius 3 is 2.58 bits per heavy atom. The van der Waals surface area contributed by atoms with E-state index in [-0.39, 0.29) is 11.4 Å². The van der Waals surface area contributed by atoms with Crippen LogP contribution in [0, 0.1) is 0 Å². The fourth-order valence-electron chi connectivity index (χ4n) is 2.69. The van der Waals surface area contributed by atoms with Crippen LogP contribution < -0.4 is 9.47 Å². The molecule has 0 amide bonds. The van der Waals surface area contributed by atoms with Crippen molar-refractivity contribution in [1.29, 1.82) is 0 Å². The number of benzene rings is 1. The van der Waals surface area contributed by atoms with Gasteiger partial charge in [-0.25, -0.2) is 4.98 Å². The third-order valence-electron chi connectivity index (χ3n) is 4.25. The van der Waals surface area contributed by atoms with Gasteiger partial charge >= 0.3 is 0 Å². The first kappa shape index (κ1) is 17.2. The molecular formula is C18H17BrClNO3. The molecule has 0 atom stereocenters. The Labute approximate surface area is 154 Å².